The van der Waals surface area contributed by atoms with Crippen molar-refractivity contribution in [1.29, 1.82) is 5.26 Å². The average molecular weight is 275 g/mol. The third kappa shape index (κ3) is 2.76. The molecule has 5 heteroatoms. The Hall–Kier alpha value is -2.45. The molecule has 0 aliphatic heterocycles. The van der Waals surface area contributed by atoms with Crippen LogP contribution in [0, 0.1) is 23.0 Å². The molecule has 0 radical (unpaired) electrons. The van der Waals surface area contributed by atoms with E-state index in [-0.39, 0.29) is 35.7 Å². The zero-order valence-corrected chi connectivity index (χ0v) is 10.4. The van der Waals surface area contributed by atoms with E-state index in [1.54, 1.807) is 6.07 Å². The van der Waals surface area contributed by atoms with Crippen LogP contribution in [0.5, 0.6) is 5.75 Å². The molecule has 0 aromatic heterocycles. The molecule has 0 spiro atoms. The molecule has 0 unspecified atom stereocenters. The Kier molecular flexibility index (Phi) is 4.28. The van der Waals surface area contributed by atoms with Crippen molar-refractivity contribution in [3.63, 3.8) is 0 Å². The van der Waals surface area contributed by atoms with E-state index in [2.05, 4.69) is 0 Å². The molecule has 0 fully saturated rings. The number of aliphatic hydroxyl groups excluding tert-OH is 1. The van der Waals surface area contributed by atoms with Gasteiger partial charge in [-0.15, -0.1) is 0 Å². The Morgan fingerprint density at radius 2 is 1.80 bits per heavy atom. The Balaban J connectivity index is 2.24. The summed E-state index contributed by atoms with van der Waals surface area (Å²) in [7, 11) is 0. The number of hydrogen-bond acceptors (Lipinski definition) is 3. The average Bonchev–Trinajstić information content (AvgIpc) is 2.47. The molecular formula is C15H11F2NO2. The fourth-order valence-corrected chi connectivity index (χ4v) is 1.77. The topological polar surface area (TPSA) is 53.2 Å². The van der Waals surface area contributed by atoms with Crippen LogP contribution in [-0.4, -0.2) is 5.11 Å². The molecule has 0 saturated carbocycles. The molecule has 0 aliphatic carbocycles. The number of rotatable bonds is 4. The molecule has 0 bridgehead atoms. The molecule has 0 saturated heterocycles. The molecule has 3 nitrogen and oxygen atoms in total. The van der Waals surface area contributed by atoms with Crippen LogP contribution >= 0.6 is 0 Å². The highest BCUT2D eigenvalue weighted by molar-refractivity contribution is 5.37. The van der Waals surface area contributed by atoms with Gasteiger partial charge in [0.2, 0.25) is 0 Å². The SMILES string of the molecule is N#Cc1cccc(COc2c(F)cccc2CO)c1F. The van der Waals surface area contributed by atoms with Gasteiger partial charge in [-0.1, -0.05) is 24.3 Å². The summed E-state index contributed by atoms with van der Waals surface area (Å²) in [6, 6.07) is 10.2. The monoisotopic (exact) mass is 275 g/mol. The summed E-state index contributed by atoms with van der Waals surface area (Å²) in [6.07, 6.45) is 0. The van der Waals surface area contributed by atoms with Crippen LogP contribution in [0.3, 0.4) is 0 Å². The van der Waals surface area contributed by atoms with Crippen molar-refractivity contribution in [1.82, 2.24) is 0 Å². The summed E-state index contributed by atoms with van der Waals surface area (Å²) in [6.45, 7) is -0.608. The highest BCUT2D eigenvalue weighted by atomic mass is 19.1. The third-order valence-corrected chi connectivity index (χ3v) is 2.79. The fraction of sp³-hybridized carbons (Fsp3) is 0.133. The van der Waals surface area contributed by atoms with Crippen LogP contribution in [0.25, 0.3) is 0 Å². The summed E-state index contributed by atoms with van der Waals surface area (Å²) in [5, 5.41) is 17.8. The van der Waals surface area contributed by atoms with Gasteiger partial charge in [-0.05, 0) is 12.1 Å². The van der Waals surface area contributed by atoms with Gasteiger partial charge in [-0.2, -0.15) is 5.26 Å². The molecule has 102 valence electrons. The van der Waals surface area contributed by atoms with Crippen molar-refractivity contribution < 1.29 is 18.6 Å². The lowest BCUT2D eigenvalue weighted by molar-refractivity contribution is 0.249. The van der Waals surface area contributed by atoms with E-state index in [1.807, 2.05) is 0 Å². The summed E-state index contributed by atoms with van der Waals surface area (Å²) in [5.41, 5.74) is 0.333. The van der Waals surface area contributed by atoms with Crippen LogP contribution in [0.1, 0.15) is 16.7 Å². The van der Waals surface area contributed by atoms with Crippen molar-refractivity contribution in [3.05, 3.63) is 64.7 Å². The number of para-hydroxylation sites is 1. The van der Waals surface area contributed by atoms with Gasteiger partial charge < -0.3 is 9.84 Å². The van der Waals surface area contributed by atoms with Crippen molar-refractivity contribution in [2.45, 2.75) is 13.2 Å². The molecule has 0 aliphatic rings. The molecular weight excluding hydrogens is 264 g/mol. The second-order valence-corrected chi connectivity index (χ2v) is 4.07. The number of nitrogens with zero attached hydrogens (tertiary/aromatic N) is 1. The maximum Gasteiger partial charge on any atom is 0.165 e. The molecule has 2 aromatic rings. The van der Waals surface area contributed by atoms with Gasteiger partial charge >= 0.3 is 0 Å². The van der Waals surface area contributed by atoms with Gasteiger partial charge in [0.1, 0.15) is 18.5 Å². The second kappa shape index (κ2) is 6.13. The summed E-state index contributed by atoms with van der Waals surface area (Å²) in [4.78, 5) is 0. The van der Waals surface area contributed by atoms with Gasteiger partial charge in [-0.3, -0.25) is 0 Å². The molecule has 2 rings (SSSR count). The fourth-order valence-electron chi connectivity index (χ4n) is 1.77. The Morgan fingerprint density at radius 3 is 2.50 bits per heavy atom. The van der Waals surface area contributed by atoms with Crippen molar-refractivity contribution >= 4 is 0 Å². The summed E-state index contributed by atoms with van der Waals surface area (Å²) < 4.78 is 32.7. The lowest BCUT2D eigenvalue weighted by Gasteiger charge is -2.11. The maximum atomic E-state index is 13.8. The van der Waals surface area contributed by atoms with Gasteiger partial charge in [0.25, 0.3) is 0 Å². The predicted octanol–water partition coefficient (Wildman–Crippen LogP) is 2.91. The number of nitriles is 1. The van der Waals surface area contributed by atoms with E-state index in [9.17, 15) is 8.78 Å². The number of hydrogen-bond donors (Lipinski definition) is 1. The highest BCUT2D eigenvalue weighted by Crippen LogP contribution is 2.24. The lowest BCUT2D eigenvalue weighted by atomic mass is 10.1. The third-order valence-electron chi connectivity index (χ3n) is 2.79. The number of ether oxygens (including phenoxy) is 1. The Labute approximate surface area is 114 Å². The number of aliphatic hydroxyl groups is 1. The molecule has 2 aromatic carbocycles. The smallest absolute Gasteiger partial charge is 0.165 e. The first-order chi connectivity index (χ1) is 9.67. The van der Waals surface area contributed by atoms with E-state index in [0.717, 1.165) is 0 Å². The second-order valence-electron chi connectivity index (χ2n) is 4.07. The van der Waals surface area contributed by atoms with E-state index in [1.165, 1.54) is 36.4 Å². The molecule has 1 N–H and O–H groups in total. The van der Waals surface area contributed by atoms with E-state index >= 15 is 0 Å². The molecule has 0 heterocycles. The van der Waals surface area contributed by atoms with Crippen LogP contribution < -0.4 is 4.74 Å². The van der Waals surface area contributed by atoms with Crippen LogP contribution in [0.4, 0.5) is 8.78 Å². The van der Waals surface area contributed by atoms with Crippen LogP contribution in [-0.2, 0) is 13.2 Å². The van der Waals surface area contributed by atoms with Crippen molar-refractivity contribution in [2.75, 3.05) is 0 Å². The Bertz CT molecular complexity index is 665. The van der Waals surface area contributed by atoms with E-state index in [0.29, 0.717) is 0 Å². The zero-order chi connectivity index (χ0) is 14.5. The number of benzene rings is 2. The van der Waals surface area contributed by atoms with Crippen LogP contribution in [0.2, 0.25) is 0 Å². The number of halogens is 2. The standard InChI is InChI=1S/C15H11F2NO2/c16-13-6-2-4-11(8-19)15(13)20-9-12-5-1-3-10(7-18)14(12)17/h1-6,19H,8-9H2. The lowest BCUT2D eigenvalue weighted by Crippen LogP contribution is -2.03. The van der Waals surface area contributed by atoms with Crippen molar-refractivity contribution in [2.24, 2.45) is 0 Å². The maximum absolute atomic E-state index is 13.8. The minimum absolute atomic E-state index is 0.0954. The van der Waals surface area contributed by atoms with Crippen molar-refractivity contribution in [3.8, 4) is 11.8 Å². The minimum Gasteiger partial charge on any atom is -0.485 e. The first-order valence-electron chi connectivity index (χ1n) is 5.86. The highest BCUT2D eigenvalue weighted by Gasteiger charge is 2.12. The normalized spacial score (nSPS) is 10.1. The van der Waals surface area contributed by atoms with Gasteiger partial charge in [-0.25, -0.2) is 8.78 Å². The minimum atomic E-state index is -0.683. The molecule has 0 atom stereocenters. The van der Waals surface area contributed by atoms with Gasteiger partial charge in [0, 0.05) is 11.1 Å². The van der Waals surface area contributed by atoms with Gasteiger partial charge in [0.05, 0.1) is 12.2 Å². The quantitative estimate of drug-likeness (QED) is 0.933. The summed E-state index contributed by atoms with van der Waals surface area (Å²) in [5.74, 6) is -1.43. The molecule has 20 heavy (non-hydrogen) atoms. The van der Waals surface area contributed by atoms with E-state index < -0.39 is 11.6 Å². The van der Waals surface area contributed by atoms with E-state index in [4.69, 9.17) is 15.1 Å². The Morgan fingerprint density at radius 1 is 1.10 bits per heavy atom. The largest absolute Gasteiger partial charge is 0.485 e. The first kappa shape index (κ1) is 14.0. The summed E-state index contributed by atoms with van der Waals surface area (Å²) >= 11 is 0. The van der Waals surface area contributed by atoms with Gasteiger partial charge in [0.15, 0.2) is 11.6 Å². The zero-order valence-electron chi connectivity index (χ0n) is 10.4. The first-order valence-corrected chi connectivity index (χ1v) is 5.86. The predicted molar refractivity (Wildman–Crippen MR) is 67.8 cm³/mol. The molecule has 0 amide bonds. The van der Waals surface area contributed by atoms with Crippen LogP contribution in [0.15, 0.2) is 36.4 Å².